The van der Waals surface area contributed by atoms with E-state index in [0.717, 1.165) is 11.6 Å². The van der Waals surface area contributed by atoms with Gasteiger partial charge >= 0.3 is 0 Å². The molecule has 1 heterocycles. The van der Waals surface area contributed by atoms with Crippen molar-refractivity contribution in [3.8, 4) is 0 Å². The molecule has 0 aliphatic carbocycles. The van der Waals surface area contributed by atoms with Crippen molar-refractivity contribution in [1.82, 2.24) is 15.5 Å². The number of hydrogen-bond donors (Lipinski definition) is 1. The third-order valence-corrected chi connectivity index (χ3v) is 2.62. The molecule has 0 radical (unpaired) electrons. The van der Waals surface area contributed by atoms with Crippen molar-refractivity contribution >= 4 is 0 Å². The number of benzene rings is 1. The second-order valence-corrected chi connectivity index (χ2v) is 3.83. The molecule has 0 aliphatic heterocycles. The molecule has 5 heteroatoms. The first-order valence-electron chi connectivity index (χ1n) is 5.67. The monoisotopic (exact) mass is 249 g/mol. The first-order valence-corrected chi connectivity index (χ1v) is 5.67. The maximum Gasteiger partial charge on any atom is 0.131 e. The minimum Gasteiger partial charge on any atom is -0.306 e. The lowest BCUT2D eigenvalue weighted by Gasteiger charge is -2.18. The zero-order valence-electron chi connectivity index (χ0n) is 9.90. The summed E-state index contributed by atoms with van der Waals surface area (Å²) in [5.41, 5.74) is 1.18. The molecule has 0 fully saturated rings. The largest absolute Gasteiger partial charge is 0.306 e. The van der Waals surface area contributed by atoms with Crippen LogP contribution >= 0.6 is 0 Å². The lowest BCUT2D eigenvalue weighted by Crippen LogP contribution is -2.23. The summed E-state index contributed by atoms with van der Waals surface area (Å²) in [6, 6.07) is 4.97. The molecule has 18 heavy (non-hydrogen) atoms. The number of halogens is 2. The zero-order valence-corrected chi connectivity index (χ0v) is 9.90. The van der Waals surface area contributed by atoms with Crippen LogP contribution in [0.2, 0.25) is 0 Å². The molecule has 0 spiro atoms. The van der Waals surface area contributed by atoms with Crippen LogP contribution in [0.5, 0.6) is 0 Å². The Hall–Kier alpha value is -1.88. The van der Waals surface area contributed by atoms with Crippen molar-refractivity contribution in [3.63, 3.8) is 0 Å². The molecule has 1 aromatic heterocycles. The second-order valence-electron chi connectivity index (χ2n) is 3.83. The Morgan fingerprint density at radius 1 is 1.22 bits per heavy atom. The topological polar surface area (TPSA) is 37.8 Å². The molecule has 3 nitrogen and oxygen atoms in total. The fraction of sp³-hybridized carbons (Fsp3) is 0.231. The fourth-order valence-electron chi connectivity index (χ4n) is 1.82. The number of nitrogens with one attached hydrogen (secondary N) is 1. The maximum atomic E-state index is 13.8. The van der Waals surface area contributed by atoms with Crippen molar-refractivity contribution in [2.24, 2.45) is 0 Å². The molecule has 2 rings (SSSR count). The molecule has 0 amide bonds. The molecule has 0 saturated heterocycles. The predicted octanol–water partition coefficient (Wildman–Crippen LogP) is 2.45. The highest BCUT2D eigenvalue weighted by molar-refractivity contribution is 5.30. The summed E-state index contributed by atoms with van der Waals surface area (Å²) in [5, 5.41) is 10.6. The van der Waals surface area contributed by atoms with Gasteiger partial charge in [0.25, 0.3) is 0 Å². The van der Waals surface area contributed by atoms with E-state index in [0.29, 0.717) is 12.1 Å². The molecule has 94 valence electrons. The van der Waals surface area contributed by atoms with Crippen LogP contribution in [0.25, 0.3) is 0 Å². The van der Waals surface area contributed by atoms with E-state index in [1.807, 2.05) is 6.92 Å². The van der Waals surface area contributed by atoms with Gasteiger partial charge in [-0.2, -0.15) is 10.2 Å². The fourth-order valence-corrected chi connectivity index (χ4v) is 1.82. The lowest BCUT2D eigenvalue weighted by molar-refractivity contribution is 0.540. The Balaban J connectivity index is 2.41. The summed E-state index contributed by atoms with van der Waals surface area (Å²) in [6.07, 6.45) is 3.11. The van der Waals surface area contributed by atoms with Crippen LogP contribution in [0.15, 0.2) is 36.7 Å². The van der Waals surface area contributed by atoms with Gasteiger partial charge in [-0.25, -0.2) is 8.78 Å². The molecule has 1 aromatic carbocycles. The molecule has 2 aromatic rings. The quantitative estimate of drug-likeness (QED) is 0.904. The van der Waals surface area contributed by atoms with Crippen LogP contribution in [0, 0.1) is 11.6 Å². The van der Waals surface area contributed by atoms with Gasteiger partial charge in [-0.1, -0.05) is 13.0 Å². The van der Waals surface area contributed by atoms with Crippen molar-refractivity contribution in [2.45, 2.75) is 13.0 Å². The zero-order chi connectivity index (χ0) is 13.0. The Kier molecular flexibility index (Phi) is 3.94. The summed E-state index contributed by atoms with van der Waals surface area (Å²) in [6.45, 7) is 2.58. The standard InChI is InChI=1S/C13H13F2N3/c1-2-16-13(9-5-6-17-18-8-9)11-4-3-10(14)7-12(11)15/h3-8,13,16H,2H2,1H3. The van der Waals surface area contributed by atoms with E-state index >= 15 is 0 Å². The average Bonchev–Trinajstić information content (AvgIpc) is 2.38. The third-order valence-electron chi connectivity index (χ3n) is 2.62. The number of hydrogen-bond acceptors (Lipinski definition) is 3. The van der Waals surface area contributed by atoms with E-state index in [2.05, 4.69) is 15.5 Å². The van der Waals surface area contributed by atoms with E-state index in [9.17, 15) is 8.78 Å². The smallest absolute Gasteiger partial charge is 0.131 e. The van der Waals surface area contributed by atoms with Crippen LogP contribution in [0.1, 0.15) is 24.1 Å². The molecular weight excluding hydrogens is 236 g/mol. The summed E-state index contributed by atoms with van der Waals surface area (Å²) < 4.78 is 26.7. The van der Waals surface area contributed by atoms with Gasteiger partial charge in [0.2, 0.25) is 0 Å². The molecule has 0 bridgehead atoms. The van der Waals surface area contributed by atoms with Gasteiger partial charge in [0.05, 0.1) is 12.2 Å². The van der Waals surface area contributed by atoms with Crippen LogP contribution in [-0.4, -0.2) is 16.7 Å². The highest BCUT2D eigenvalue weighted by Crippen LogP contribution is 2.24. The predicted molar refractivity (Wildman–Crippen MR) is 63.9 cm³/mol. The van der Waals surface area contributed by atoms with E-state index in [1.54, 1.807) is 18.5 Å². The SMILES string of the molecule is CCNC(c1ccnnc1)c1ccc(F)cc1F. The highest BCUT2D eigenvalue weighted by atomic mass is 19.1. The number of aromatic nitrogens is 2. The Labute approximate surface area is 104 Å². The number of rotatable bonds is 4. The molecular formula is C13H13F2N3. The van der Waals surface area contributed by atoms with E-state index < -0.39 is 11.6 Å². The van der Waals surface area contributed by atoms with Crippen LogP contribution in [0.3, 0.4) is 0 Å². The summed E-state index contributed by atoms with van der Waals surface area (Å²) >= 11 is 0. The van der Waals surface area contributed by atoms with Gasteiger partial charge in [-0.05, 0) is 24.2 Å². The van der Waals surface area contributed by atoms with Crippen molar-refractivity contribution in [2.75, 3.05) is 6.54 Å². The molecule has 0 saturated carbocycles. The summed E-state index contributed by atoms with van der Waals surface area (Å²) in [4.78, 5) is 0. The normalized spacial score (nSPS) is 12.4. The van der Waals surface area contributed by atoms with Gasteiger partial charge in [-0.3, -0.25) is 0 Å². The lowest BCUT2D eigenvalue weighted by atomic mass is 10.00. The number of nitrogens with zero attached hydrogens (tertiary/aromatic N) is 2. The van der Waals surface area contributed by atoms with Gasteiger partial charge in [0, 0.05) is 17.8 Å². The average molecular weight is 249 g/mol. The molecule has 1 N–H and O–H groups in total. The van der Waals surface area contributed by atoms with Crippen molar-refractivity contribution < 1.29 is 8.78 Å². The molecule has 1 atom stereocenters. The Morgan fingerprint density at radius 3 is 2.67 bits per heavy atom. The second kappa shape index (κ2) is 5.64. The maximum absolute atomic E-state index is 13.8. The van der Waals surface area contributed by atoms with Gasteiger partial charge in [-0.15, -0.1) is 0 Å². The first kappa shape index (κ1) is 12.6. The van der Waals surface area contributed by atoms with Crippen molar-refractivity contribution in [1.29, 1.82) is 0 Å². The van der Waals surface area contributed by atoms with Crippen LogP contribution in [-0.2, 0) is 0 Å². The molecule has 1 unspecified atom stereocenters. The van der Waals surface area contributed by atoms with Gasteiger partial charge < -0.3 is 5.32 Å². The van der Waals surface area contributed by atoms with E-state index in [1.165, 1.54) is 12.1 Å². The minimum atomic E-state index is -0.584. The van der Waals surface area contributed by atoms with E-state index in [-0.39, 0.29) is 6.04 Å². The van der Waals surface area contributed by atoms with Crippen LogP contribution in [0.4, 0.5) is 8.78 Å². The minimum absolute atomic E-state index is 0.355. The van der Waals surface area contributed by atoms with E-state index in [4.69, 9.17) is 0 Å². The first-order chi connectivity index (χ1) is 8.72. The Morgan fingerprint density at radius 2 is 2.06 bits per heavy atom. The van der Waals surface area contributed by atoms with Gasteiger partial charge in [0.15, 0.2) is 0 Å². The molecule has 0 aliphatic rings. The summed E-state index contributed by atoms with van der Waals surface area (Å²) in [5.74, 6) is -1.16. The third kappa shape index (κ3) is 2.68. The van der Waals surface area contributed by atoms with Crippen molar-refractivity contribution in [3.05, 3.63) is 59.4 Å². The highest BCUT2D eigenvalue weighted by Gasteiger charge is 2.17. The van der Waals surface area contributed by atoms with Gasteiger partial charge in [0.1, 0.15) is 11.6 Å². The summed E-state index contributed by atoms with van der Waals surface area (Å²) in [7, 11) is 0. The Bertz CT molecular complexity index is 517. The van der Waals surface area contributed by atoms with Crippen LogP contribution < -0.4 is 5.32 Å².